The van der Waals surface area contributed by atoms with E-state index in [0.29, 0.717) is 52.9 Å². The summed E-state index contributed by atoms with van der Waals surface area (Å²) in [6, 6.07) is 27.1. The number of ether oxygens (including phenoxy) is 8. The van der Waals surface area contributed by atoms with Crippen molar-refractivity contribution in [3.05, 3.63) is 162 Å². The number of hydrogen-bond donors (Lipinski definition) is 2. The second-order valence-corrected chi connectivity index (χ2v) is 27.6. The Kier molecular flexibility index (Phi) is 19.9. The quantitative estimate of drug-likeness (QED) is 0.0760. The van der Waals surface area contributed by atoms with E-state index < -0.39 is 0 Å². The Bertz CT molecular complexity index is 3350. The monoisotopic (exact) mass is 1190 g/mol. The van der Waals surface area contributed by atoms with E-state index in [1.54, 1.807) is 56.9 Å². The van der Waals surface area contributed by atoms with Crippen LogP contribution in [-0.2, 0) is 112 Å². The van der Waals surface area contributed by atoms with Gasteiger partial charge in [-0.1, -0.05) is 132 Å². The number of methoxy groups -OCH3 is 8. The molecule has 0 aliphatic carbocycles. The van der Waals surface area contributed by atoms with Crippen molar-refractivity contribution in [2.24, 2.45) is 0 Å². The van der Waals surface area contributed by atoms with Crippen LogP contribution in [0, 0.1) is 0 Å². The number of benzene rings is 4. The number of aromatic amines is 2. The van der Waals surface area contributed by atoms with Gasteiger partial charge in [0.25, 0.3) is 0 Å². The normalized spacial score (nSPS) is 13.0. The van der Waals surface area contributed by atoms with E-state index in [2.05, 4.69) is 190 Å². The van der Waals surface area contributed by atoms with E-state index in [9.17, 15) is 0 Å². The first-order valence-corrected chi connectivity index (χ1v) is 30.6. The number of rotatable bonds is 20. The van der Waals surface area contributed by atoms with Crippen LogP contribution in [0.25, 0.3) is 90.9 Å². The Morgan fingerprint density at radius 3 is 0.557 bits per heavy atom. The molecule has 9 rings (SSSR count). The van der Waals surface area contributed by atoms with Crippen LogP contribution in [0.5, 0.6) is 0 Å². The zero-order chi connectivity index (χ0) is 63.6. The molecule has 7 aromatic rings. The molecule has 2 N–H and O–H groups in total. The summed E-state index contributed by atoms with van der Waals surface area (Å²) in [5, 5.41) is 0. The summed E-state index contributed by atoms with van der Waals surface area (Å²) in [5.41, 5.74) is 26.0. The van der Waals surface area contributed by atoms with Crippen LogP contribution in [0.2, 0.25) is 0 Å². The third-order valence-corrected chi connectivity index (χ3v) is 16.8. The van der Waals surface area contributed by atoms with E-state index in [-0.39, 0.29) is 21.7 Å². The number of nitrogens with zero attached hydrogens (tertiary/aromatic N) is 2. The highest BCUT2D eigenvalue weighted by Crippen LogP contribution is 2.47. The lowest BCUT2D eigenvalue weighted by Gasteiger charge is -2.25. The molecular weight excluding hydrogens is 1100 g/mol. The van der Waals surface area contributed by atoms with Gasteiger partial charge in [-0.25, -0.2) is 9.97 Å². The van der Waals surface area contributed by atoms with Gasteiger partial charge in [-0.15, -0.1) is 0 Å². The number of nitrogens with one attached hydrogen (secondary N) is 2. The van der Waals surface area contributed by atoms with Gasteiger partial charge in [0, 0.05) is 101 Å². The van der Waals surface area contributed by atoms with Crippen molar-refractivity contribution < 1.29 is 37.9 Å². The van der Waals surface area contributed by atoms with Gasteiger partial charge in [0.1, 0.15) is 0 Å². The first-order valence-electron chi connectivity index (χ1n) is 30.6. The maximum Gasteiger partial charge on any atom is 0.0737 e. The van der Waals surface area contributed by atoms with Gasteiger partial charge in [-0.05, 0) is 159 Å². The smallest absolute Gasteiger partial charge is 0.0737 e. The molecule has 3 aromatic heterocycles. The van der Waals surface area contributed by atoms with Crippen LogP contribution in [0.1, 0.15) is 173 Å². The topological polar surface area (TPSA) is 131 Å². The summed E-state index contributed by atoms with van der Waals surface area (Å²) in [6.45, 7) is 29.7. The maximum absolute atomic E-state index is 6.15. The maximum atomic E-state index is 6.15. The highest BCUT2D eigenvalue weighted by molar-refractivity contribution is 6.02. The van der Waals surface area contributed by atoms with Crippen molar-refractivity contribution in [1.82, 2.24) is 19.9 Å². The third kappa shape index (κ3) is 13.5. The Hall–Kier alpha value is -6.84. The van der Waals surface area contributed by atoms with E-state index in [4.69, 9.17) is 47.9 Å². The zero-order valence-corrected chi connectivity index (χ0v) is 56.1. The van der Waals surface area contributed by atoms with Crippen LogP contribution in [0.3, 0.4) is 0 Å². The van der Waals surface area contributed by atoms with E-state index in [0.717, 1.165) is 134 Å². The summed E-state index contributed by atoms with van der Waals surface area (Å²) >= 11 is 0. The lowest BCUT2D eigenvalue weighted by molar-refractivity contribution is 0.180. The fourth-order valence-electron chi connectivity index (χ4n) is 12.5. The SMILES string of the molecule is COCc1cc(C(C)(C)C)cc(COC)c1-c1c2nc(c(-c3c(COC)cc(C(C)(C)C)cc3COC)c3ccc([nH]3)c(-c3c(COC)cc(C(C)(C)C)cc3COC)c3nc(c(-c4c(COC)cc(C(C)(C)C)cc4COC)c4ccc1[nH]4)C=C3)C=C2. The van der Waals surface area contributed by atoms with E-state index >= 15 is 0 Å². The molecule has 0 radical (unpaired) electrons. The molecular formula is C76H94N4O8. The van der Waals surface area contributed by atoms with Crippen molar-refractivity contribution >= 4 is 46.4 Å². The number of hydrogen-bond acceptors (Lipinski definition) is 10. The highest BCUT2D eigenvalue weighted by Gasteiger charge is 2.30. The molecule has 12 nitrogen and oxygen atoms in total. The molecule has 0 saturated heterocycles. The molecule has 2 aliphatic rings. The highest BCUT2D eigenvalue weighted by atomic mass is 16.5. The average Bonchev–Trinajstić information content (AvgIpc) is 2.13. The van der Waals surface area contributed by atoms with Gasteiger partial charge in [-0.3, -0.25) is 0 Å². The van der Waals surface area contributed by atoms with Crippen molar-refractivity contribution in [3.8, 4) is 44.5 Å². The Labute approximate surface area is 523 Å². The predicted molar refractivity (Wildman–Crippen MR) is 361 cm³/mol. The fraction of sp³-hybridized carbons (Fsp3) is 0.421. The Morgan fingerprint density at radius 2 is 0.420 bits per heavy atom. The second kappa shape index (κ2) is 26.7. The van der Waals surface area contributed by atoms with Crippen LogP contribution in [0.15, 0.2) is 72.8 Å². The molecule has 2 aliphatic heterocycles. The molecule has 0 saturated carbocycles. The number of fused-ring (bicyclic) bond motifs is 8. The van der Waals surface area contributed by atoms with Crippen molar-refractivity contribution in [2.45, 2.75) is 158 Å². The molecule has 8 bridgehead atoms. The summed E-state index contributed by atoms with van der Waals surface area (Å²) in [7, 11) is 14.1. The number of H-pyrrole nitrogens is 2. The lowest BCUT2D eigenvalue weighted by atomic mass is 9.82. The molecule has 466 valence electrons. The largest absolute Gasteiger partial charge is 0.380 e. The molecule has 12 heteroatoms. The summed E-state index contributed by atoms with van der Waals surface area (Å²) < 4.78 is 49.2. The minimum atomic E-state index is -0.178. The van der Waals surface area contributed by atoms with Crippen LogP contribution in [-0.4, -0.2) is 76.8 Å². The van der Waals surface area contributed by atoms with Gasteiger partial charge < -0.3 is 47.9 Å². The van der Waals surface area contributed by atoms with Gasteiger partial charge in [0.05, 0.1) is 75.6 Å². The molecule has 88 heavy (non-hydrogen) atoms. The van der Waals surface area contributed by atoms with Gasteiger partial charge in [0.15, 0.2) is 0 Å². The van der Waals surface area contributed by atoms with Crippen molar-refractivity contribution in [3.63, 3.8) is 0 Å². The summed E-state index contributed by atoms with van der Waals surface area (Å²) in [4.78, 5) is 19.9. The Morgan fingerprint density at radius 1 is 0.261 bits per heavy atom. The van der Waals surface area contributed by atoms with Crippen LogP contribution >= 0.6 is 0 Å². The Balaban J connectivity index is 1.62. The fourth-order valence-corrected chi connectivity index (χ4v) is 12.5. The average molecular weight is 1190 g/mol. The molecule has 5 heterocycles. The molecule has 0 fully saturated rings. The minimum Gasteiger partial charge on any atom is -0.380 e. The molecule has 0 spiro atoms. The third-order valence-electron chi connectivity index (χ3n) is 16.8. The number of aromatic nitrogens is 4. The molecule has 0 unspecified atom stereocenters. The first-order chi connectivity index (χ1) is 41.8. The van der Waals surface area contributed by atoms with Gasteiger partial charge in [-0.2, -0.15) is 0 Å². The van der Waals surface area contributed by atoms with Crippen molar-refractivity contribution in [1.29, 1.82) is 0 Å². The standard InChI is InChI=1S/C76H94N4O8/c1-73(2,3)53-29-45(37-81-13)65(46(30-53)38-82-14)69-57-21-23-59(77-57)70(66-47(39-83-15)31-54(74(4,5)6)32-48(66)40-84-16)61-25-27-63(79-61)72(68-51(43-87-19)35-56(76(10,11)12)36-52(68)44-88-20)64-28-26-62(80-64)71(60-24-22-58(69)78-60)67-49(41-85-17)33-55(75(7,8)9)34-50(67)42-86-18/h21-36,77,80H,37-44H2,1-20H3. The molecule has 0 amide bonds. The van der Waals surface area contributed by atoms with Crippen molar-refractivity contribution in [2.75, 3.05) is 56.9 Å². The molecule has 0 atom stereocenters. The van der Waals surface area contributed by atoms with Crippen LogP contribution in [0.4, 0.5) is 0 Å². The second-order valence-electron chi connectivity index (χ2n) is 27.6. The van der Waals surface area contributed by atoms with Crippen LogP contribution < -0.4 is 0 Å². The van der Waals surface area contributed by atoms with Gasteiger partial charge in [0.2, 0.25) is 0 Å². The lowest BCUT2D eigenvalue weighted by Crippen LogP contribution is -2.14. The van der Waals surface area contributed by atoms with E-state index in [1.165, 1.54) is 22.3 Å². The predicted octanol–water partition coefficient (Wildman–Crippen LogP) is 17.7. The summed E-state index contributed by atoms with van der Waals surface area (Å²) in [5.74, 6) is 0. The summed E-state index contributed by atoms with van der Waals surface area (Å²) in [6.07, 6.45) is 8.63. The zero-order valence-electron chi connectivity index (χ0n) is 56.1. The first kappa shape index (κ1) is 65.6. The van der Waals surface area contributed by atoms with Gasteiger partial charge >= 0.3 is 0 Å². The minimum absolute atomic E-state index is 0.178. The van der Waals surface area contributed by atoms with E-state index in [1.807, 2.05) is 0 Å². The molecule has 4 aromatic carbocycles.